The summed E-state index contributed by atoms with van der Waals surface area (Å²) in [6.45, 7) is 0.616. The van der Waals surface area contributed by atoms with Crippen molar-refractivity contribution in [2.45, 2.75) is 6.42 Å². The molecule has 0 saturated carbocycles. The molecule has 0 aliphatic carbocycles. The summed E-state index contributed by atoms with van der Waals surface area (Å²) in [4.78, 5) is 16.1. The third kappa shape index (κ3) is 3.31. The van der Waals surface area contributed by atoms with E-state index in [-0.39, 0.29) is 5.91 Å². The van der Waals surface area contributed by atoms with Crippen molar-refractivity contribution in [3.8, 4) is 0 Å². The number of hydrogen-bond donors (Lipinski definition) is 1. The Bertz CT molecular complexity index is 765. The number of amides is 1. The van der Waals surface area contributed by atoms with Crippen LogP contribution in [0.1, 0.15) is 15.9 Å². The van der Waals surface area contributed by atoms with Crippen LogP contribution in [-0.4, -0.2) is 21.8 Å². The van der Waals surface area contributed by atoms with Crippen molar-refractivity contribution in [3.63, 3.8) is 0 Å². The standard InChI is InChI=1S/C16H14BrN3O/c17-14-3-1-12(2-4-14)5-7-19-16(21)13-6-8-20-11-18-10-15(20)9-13/h1-4,6,8-11H,5,7H2,(H,19,21). The van der Waals surface area contributed by atoms with E-state index in [1.165, 1.54) is 5.56 Å². The van der Waals surface area contributed by atoms with Gasteiger partial charge in [-0.05, 0) is 36.2 Å². The van der Waals surface area contributed by atoms with Crippen LogP contribution in [-0.2, 0) is 6.42 Å². The molecule has 0 aliphatic rings. The first kappa shape index (κ1) is 13.8. The van der Waals surface area contributed by atoms with Crippen molar-refractivity contribution in [2.75, 3.05) is 6.54 Å². The van der Waals surface area contributed by atoms with Gasteiger partial charge in [0.15, 0.2) is 0 Å². The molecule has 3 rings (SSSR count). The summed E-state index contributed by atoms with van der Waals surface area (Å²) in [5, 5.41) is 2.94. The number of imidazole rings is 1. The zero-order chi connectivity index (χ0) is 14.7. The minimum absolute atomic E-state index is 0.0594. The van der Waals surface area contributed by atoms with Gasteiger partial charge >= 0.3 is 0 Å². The number of pyridine rings is 1. The molecule has 0 spiro atoms. The van der Waals surface area contributed by atoms with E-state index in [4.69, 9.17) is 0 Å². The summed E-state index contributed by atoms with van der Waals surface area (Å²) in [7, 11) is 0. The Kier molecular flexibility index (Phi) is 4.01. The van der Waals surface area contributed by atoms with E-state index in [2.05, 4.69) is 38.4 Å². The summed E-state index contributed by atoms with van der Waals surface area (Å²) < 4.78 is 2.93. The van der Waals surface area contributed by atoms with Gasteiger partial charge in [0.2, 0.25) is 0 Å². The third-order valence-electron chi connectivity index (χ3n) is 3.29. The molecular weight excluding hydrogens is 330 g/mol. The SMILES string of the molecule is O=C(NCCc1ccc(Br)cc1)c1ccn2cncc2c1. The topological polar surface area (TPSA) is 46.4 Å². The quantitative estimate of drug-likeness (QED) is 0.791. The van der Waals surface area contributed by atoms with Gasteiger partial charge in [0.05, 0.1) is 18.0 Å². The average molecular weight is 344 g/mol. The molecule has 106 valence electrons. The summed E-state index contributed by atoms with van der Waals surface area (Å²) in [6.07, 6.45) is 6.10. The molecule has 3 aromatic rings. The molecule has 0 aliphatic heterocycles. The van der Waals surface area contributed by atoms with Crippen LogP contribution in [0.15, 0.2) is 59.6 Å². The van der Waals surface area contributed by atoms with Crippen LogP contribution < -0.4 is 5.32 Å². The zero-order valence-electron chi connectivity index (χ0n) is 11.3. The lowest BCUT2D eigenvalue weighted by Crippen LogP contribution is -2.25. The summed E-state index contributed by atoms with van der Waals surface area (Å²) in [5.74, 6) is -0.0594. The number of aromatic nitrogens is 2. The smallest absolute Gasteiger partial charge is 0.251 e. The Balaban J connectivity index is 1.59. The summed E-state index contributed by atoms with van der Waals surface area (Å²) in [6, 6.07) is 11.7. The van der Waals surface area contributed by atoms with Gasteiger partial charge in [-0.15, -0.1) is 0 Å². The van der Waals surface area contributed by atoms with E-state index in [1.54, 1.807) is 18.6 Å². The molecule has 5 heteroatoms. The minimum Gasteiger partial charge on any atom is -0.352 e. The highest BCUT2D eigenvalue weighted by atomic mass is 79.9. The number of benzene rings is 1. The van der Waals surface area contributed by atoms with E-state index in [0.717, 1.165) is 16.4 Å². The first-order valence-corrected chi connectivity index (χ1v) is 7.46. The number of fused-ring (bicyclic) bond motifs is 1. The van der Waals surface area contributed by atoms with Gasteiger partial charge in [0.25, 0.3) is 5.91 Å². The van der Waals surface area contributed by atoms with E-state index in [9.17, 15) is 4.79 Å². The number of hydrogen-bond acceptors (Lipinski definition) is 2. The highest BCUT2D eigenvalue weighted by Crippen LogP contribution is 2.11. The normalized spacial score (nSPS) is 10.7. The molecule has 0 unspecified atom stereocenters. The fourth-order valence-electron chi connectivity index (χ4n) is 2.13. The molecule has 0 atom stereocenters. The monoisotopic (exact) mass is 343 g/mol. The molecule has 2 aromatic heterocycles. The predicted octanol–water partition coefficient (Wildman–Crippen LogP) is 3.07. The van der Waals surface area contributed by atoms with E-state index in [0.29, 0.717) is 12.1 Å². The molecule has 1 aromatic carbocycles. The molecule has 0 bridgehead atoms. The van der Waals surface area contributed by atoms with Crippen LogP contribution in [0, 0.1) is 0 Å². The molecule has 4 nitrogen and oxygen atoms in total. The van der Waals surface area contributed by atoms with Gasteiger partial charge in [-0.3, -0.25) is 4.79 Å². The van der Waals surface area contributed by atoms with Crippen LogP contribution >= 0.6 is 15.9 Å². The van der Waals surface area contributed by atoms with E-state index in [1.807, 2.05) is 28.8 Å². The van der Waals surface area contributed by atoms with Crippen LogP contribution in [0.3, 0.4) is 0 Å². The average Bonchev–Trinajstić information content (AvgIpc) is 2.96. The van der Waals surface area contributed by atoms with Gasteiger partial charge in [-0.1, -0.05) is 28.1 Å². The fourth-order valence-corrected chi connectivity index (χ4v) is 2.40. The lowest BCUT2D eigenvalue weighted by Gasteiger charge is -2.06. The van der Waals surface area contributed by atoms with Gasteiger partial charge in [-0.25, -0.2) is 4.98 Å². The number of carbonyl (C=O) groups is 1. The lowest BCUT2D eigenvalue weighted by molar-refractivity contribution is 0.0954. The highest BCUT2D eigenvalue weighted by Gasteiger charge is 2.06. The second-order valence-electron chi connectivity index (χ2n) is 4.77. The molecule has 2 heterocycles. The Morgan fingerprint density at radius 2 is 2.05 bits per heavy atom. The molecule has 1 N–H and O–H groups in total. The Morgan fingerprint density at radius 3 is 2.86 bits per heavy atom. The number of nitrogens with one attached hydrogen (secondary N) is 1. The second-order valence-corrected chi connectivity index (χ2v) is 5.69. The van der Waals surface area contributed by atoms with Crippen LogP contribution in [0.2, 0.25) is 0 Å². The van der Waals surface area contributed by atoms with E-state index >= 15 is 0 Å². The van der Waals surface area contributed by atoms with Crippen molar-refractivity contribution in [1.29, 1.82) is 0 Å². The Hall–Kier alpha value is -2.14. The maximum absolute atomic E-state index is 12.1. The number of rotatable bonds is 4. The van der Waals surface area contributed by atoms with Crippen LogP contribution in [0.4, 0.5) is 0 Å². The molecule has 21 heavy (non-hydrogen) atoms. The van der Waals surface area contributed by atoms with Crippen molar-refractivity contribution in [2.24, 2.45) is 0 Å². The van der Waals surface area contributed by atoms with Crippen molar-refractivity contribution >= 4 is 27.4 Å². The fraction of sp³-hybridized carbons (Fsp3) is 0.125. The van der Waals surface area contributed by atoms with Crippen molar-refractivity contribution < 1.29 is 4.79 Å². The molecule has 1 amide bonds. The van der Waals surface area contributed by atoms with Gasteiger partial charge in [0.1, 0.15) is 0 Å². The Labute approximate surface area is 131 Å². The molecule has 0 fully saturated rings. The Morgan fingerprint density at radius 1 is 1.24 bits per heavy atom. The van der Waals surface area contributed by atoms with Crippen molar-refractivity contribution in [3.05, 3.63) is 70.7 Å². The van der Waals surface area contributed by atoms with Crippen LogP contribution in [0.25, 0.3) is 5.52 Å². The largest absolute Gasteiger partial charge is 0.352 e. The number of nitrogens with zero attached hydrogens (tertiary/aromatic N) is 2. The second kappa shape index (κ2) is 6.10. The maximum Gasteiger partial charge on any atom is 0.251 e. The van der Waals surface area contributed by atoms with E-state index < -0.39 is 0 Å². The highest BCUT2D eigenvalue weighted by molar-refractivity contribution is 9.10. The number of halogens is 1. The molecule has 0 radical (unpaired) electrons. The van der Waals surface area contributed by atoms with Crippen molar-refractivity contribution in [1.82, 2.24) is 14.7 Å². The van der Waals surface area contributed by atoms with Gasteiger partial charge < -0.3 is 9.72 Å². The number of carbonyl (C=O) groups excluding carboxylic acids is 1. The maximum atomic E-state index is 12.1. The predicted molar refractivity (Wildman–Crippen MR) is 85.4 cm³/mol. The minimum atomic E-state index is -0.0594. The van der Waals surface area contributed by atoms with Crippen LogP contribution in [0.5, 0.6) is 0 Å². The molecular formula is C16H14BrN3O. The summed E-state index contributed by atoms with van der Waals surface area (Å²) in [5.41, 5.74) is 2.76. The first-order chi connectivity index (χ1) is 10.2. The lowest BCUT2D eigenvalue weighted by atomic mass is 10.1. The molecule has 0 saturated heterocycles. The van der Waals surface area contributed by atoms with Gasteiger partial charge in [-0.2, -0.15) is 0 Å². The summed E-state index contributed by atoms with van der Waals surface area (Å²) >= 11 is 3.41. The zero-order valence-corrected chi connectivity index (χ0v) is 12.9. The first-order valence-electron chi connectivity index (χ1n) is 6.67. The third-order valence-corrected chi connectivity index (χ3v) is 3.82. The van der Waals surface area contributed by atoms with Gasteiger partial charge in [0, 0.05) is 22.8 Å².